The van der Waals surface area contributed by atoms with E-state index in [0.717, 1.165) is 35.8 Å². The number of benzene rings is 1. The van der Waals surface area contributed by atoms with Crippen LogP contribution in [-0.2, 0) is 0 Å². The van der Waals surface area contributed by atoms with E-state index in [0.29, 0.717) is 12.3 Å². The maximum Gasteiger partial charge on any atom is 0.287 e. The number of hydrogen-bond donors (Lipinski definition) is 2. The van der Waals surface area contributed by atoms with Crippen LogP contribution in [0.5, 0.6) is 0 Å². The van der Waals surface area contributed by atoms with Crippen LogP contribution in [0.4, 0.5) is 0 Å². The number of nitrogens with two attached hydrogens (primary N) is 1. The van der Waals surface area contributed by atoms with E-state index in [-0.39, 0.29) is 24.4 Å². The summed E-state index contributed by atoms with van der Waals surface area (Å²) < 4.78 is 5.66. The number of carbonyl (C=O) groups is 1. The van der Waals surface area contributed by atoms with E-state index >= 15 is 0 Å². The number of fused-ring (bicyclic) bond motifs is 1. The van der Waals surface area contributed by atoms with Crippen LogP contribution in [0, 0.1) is 13.8 Å². The number of rotatable bonds is 6. The van der Waals surface area contributed by atoms with Gasteiger partial charge in [0.05, 0.1) is 0 Å². The number of furan rings is 1. The van der Waals surface area contributed by atoms with E-state index in [1.54, 1.807) is 6.07 Å². The number of hydrogen-bond acceptors (Lipinski definition) is 3. The standard InChI is InChI=1S/C17H24N2O2.ClH/c1-4-5-6-14(10-18)19-17(20)16-9-13-7-11(2)12(3)8-15(13)21-16;/h7-9,14H,4-6,10,18H2,1-3H3,(H,19,20);1H. The summed E-state index contributed by atoms with van der Waals surface area (Å²) in [6.45, 7) is 6.66. The summed E-state index contributed by atoms with van der Waals surface area (Å²) in [6, 6.07) is 5.82. The Morgan fingerprint density at radius 3 is 2.59 bits per heavy atom. The fourth-order valence-electron chi connectivity index (χ4n) is 2.37. The first-order valence-corrected chi connectivity index (χ1v) is 7.56. The highest BCUT2D eigenvalue weighted by molar-refractivity contribution is 5.96. The highest BCUT2D eigenvalue weighted by Gasteiger charge is 2.16. The van der Waals surface area contributed by atoms with Crippen LogP contribution >= 0.6 is 12.4 Å². The Labute approximate surface area is 137 Å². The van der Waals surface area contributed by atoms with E-state index in [1.807, 2.05) is 19.1 Å². The van der Waals surface area contributed by atoms with Gasteiger partial charge in [0, 0.05) is 18.0 Å². The fraction of sp³-hybridized carbons (Fsp3) is 0.471. The second-order valence-electron chi connectivity index (χ2n) is 5.63. The molecule has 1 amide bonds. The summed E-state index contributed by atoms with van der Waals surface area (Å²) in [6.07, 6.45) is 3.05. The average Bonchev–Trinajstić information content (AvgIpc) is 2.86. The van der Waals surface area contributed by atoms with Gasteiger partial charge in [-0.15, -0.1) is 12.4 Å². The van der Waals surface area contributed by atoms with Crippen LogP contribution in [0.25, 0.3) is 11.0 Å². The summed E-state index contributed by atoms with van der Waals surface area (Å²) in [4.78, 5) is 12.3. The number of unbranched alkanes of at least 4 members (excludes halogenated alkanes) is 1. The molecule has 2 aromatic rings. The summed E-state index contributed by atoms with van der Waals surface area (Å²) in [5, 5.41) is 3.91. The minimum absolute atomic E-state index is 0. The van der Waals surface area contributed by atoms with Gasteiger partial charge < -0.3 is 15.5 Å². The van der Waals surface area contributed by atoms with E-state index in [1.165, 1.54) is 5.56 Å². The molecule has 2 rings (SSSR count). The maximum atomic E-state index is 12.3. The molecule has 0 saturated heterocycles. The third-order valence-corrected chi connectivity index (χ3v) is 3.88. The number of halogens is 1. The zero-order valence-corrected chi connectivity index (χ0v) is 14.3. The highest BCUT2D eigenvalue weighted by atomic mass is 35.5. The summed E-state index contributed by atoms with van der Waals surface area (Å²) >= 11 is 0. The zero-order chi connectivity index (χ0) is 15.4. The lowest BCUT2D eigenvalue weighted by atomic mass is 10.1. The molecule has 3 N–H and O–H groups in total. The summed E-state index contributed by atoms with van der Waals surface area (Å²) in [5.41, 5.74) is 8.81. The molecule has 0 radical (unpaired) electrons. The SMILES string of the molecule is CCCCC(CN)NC(=O)c1cc2cc(C)c(C)cc2o1.Cl. The van der Waals surface area contributed by atoms with Crippen molar-refractivity contribution in [2.75, 3.05) is 6.54 Å². The van der Waals surface area contributed by atoms with Gasteiger partial charge in [0.2, 0.25) is 0 Å². The van der Waals surface area contributed by atoms with Crippen LogP contribution < -0.4 is 11.1 Å². The van der Waals surface area contributed by atoms with Gasteiger partial charge in [-0.1, -0.05) is 19.8 Å². The van der Waals surface area contributed by atoms with Crippen molar-refractivity contribution in [3.05, 3.63) is 35.1 Å². The molecule has 0 bridgehead atoms. The Hall–Kier alpha value is -1.52. The van der Waals surface area contributed by atoms with Gasteiger partial charge in [-0.2, -0.15) is 0 Å². The van der Waals surface area contributed by atoms with Crippen molar-refractivity contribution < 1.29 is 9.21 Å². The fourth-order valence-corrected chi connectivity index (χ4v) is 2.37. The minimum atomic E-state index is -0.187. The van der Waals surface area contributed by atoms with Crippen molar-refractivity contribution >= 4 is 29.3 Å². The Morgan fingerprint density at radius 1 is 1.27 bits per heavy atom. The Bertz CT molecular complexity index is 598. The first-order chi connectivity index (χ1) is 10.0. The first-order valence-electron chi connectivity index (χ1n) is 7.56. The normalized spacial score (nSPS) is 12.0. The highest BCUT2D eigenvalue weighted by Crippen LogP contribution is 2.23. The lowest BCUT2D eigenvalue weighted by Crippen LogP contribution is -2.40. The summed E-state index contributed by atoms with van der Waals surface area (Å²) in [5.74, 6) is 0.165. The second-order valence-corrected chi connectivity index (χ2v) is 5.63. The molecule has 1 heterocycles. The number of aryl methyl sites for hydroxylation is 2. The average molecular weight is 325 g/mol. The Kier molecular flexibility index (Phi) is 6.91. The Morgan fingerprint density at radius 2 is 1.95 bits per heavy atom. The molecule has 0 aliphatic heterocycles. The quantitative estimate of drug-likeness (QED) is 0.851. The second kappa shape index (κ2) is 8.20. The number of nitrogens with one attached hydrogen (secondary N) is 1. The predicted octanol–water partition coefficient (Wildman–Crippen LogP) is 3.72. The van der Waals surface area contributed by atoms with E-state index in [4.69, 9.17) is 10.2 Å². The molecule has 5 heteroatoms. The minimum Gasteiger partial charge on any atom is -0.451 e. The van der Waals surface area contributed by atoms with Crippen LogP contribution in [0.1, 0.15) is 47.9 Å². The molecule has 0 spiro atoms. The van der Waals surface area contributed by atoms with E-state index < -0.39 is 0 Å². The molecule has 0 aliphatic carbocycles. The van der Waals surface area contributed by atoms with Crippen molar-refractivity contribution in [2.24, 2.45) is 5.73 Å². The molecule has 1 unspecified atom stereocenters. The van der Waals surface area contributed by atoms with Crippen LogP contribution in [-0.4, -0.2) is 18.5 Å². The first kappa shape index (κ1) is 18.5. The molecular weight excluding hydrogens is 300 g/mol. The lowest BCUT2D eigenvalue weighted by molar-refractivity contribution is 0.0910. The number of amides is 1. The number of carbonyl (C=O) groups excluding carboxylic acids is 1. The molecule has 1 atom stereocenters. The lowest BCUT2D eigenvalue weighted by Gasteiger charge is -2.15. The van der Waals surface area contributed by atoms with E-state index in [9.17, 15) is 4.79 Å². The van der Waals surface area contributed by atoms with Crippen LogP contribution in [0.15, 0.2) is 22.6 Å². The van der Waals surface area contributed by atoms with Gasteiger partial charge in [-0.3, -0.25) is 4.79 Å². The van der Waals surface area contributed by atoms with Gasteiger partial charge in [-0.05, 0) is 49.6 Å². The smallest absolute Gasteiger partial charge is 0.287 e. The Balaban J connectivity index is 0.00000242. The largest absolute Gasteiger partial charge is 0.451 e. The monoisotopic (exact) mass is 324 g/mol. The van der Waals surface area contributed by atoms with Crippen LogP contribution in [0.2, 0.25) is 0 Å². The molecular formula is C17H25ClN2O2. The van der Waals surface area contributed by atoms with Crippen molar-refractivity contribution in [1.29, 1.82) is 0 Å². The third kappa shape index (κ3) is 4.24. The molecule has 0 fully saturated rings. The van der Waals surface area contributed by atoms with Gasteiger partial charge in [0.25, 0.3) is 5.91 Å². The van der Waals surface area contributed by atoms with Gasteiger partial charge in [0.1, 0.15) is 5.58 Å². The van der Waals surface area contributed by atoms with Gasteiger partial charge in [0.15, 0.2) is 5.76 Å². The third-order valence-electron chi connectivity index (χ3n) is 3.88. The van der Waals surface area contributed by atoms with E-state index in [2.05, 4.69) is 19.2 Å². The van der Waals surface area contributed by atoms with Gasteiger partial charge >= 0.3 is 0 Å². The van der Waals surface area contributed by atoms with Crippen molar-refractivity contribution in [3.63, 3.8) is 0 Å². The van der Waals surface area contributed by atoms with Crippen molar-refractivity contribution in [1.82, 2.24) is 5.32 Å². The predicted molar refractivity (Wildman–Crippen MR) is 92.8 cm³/mol. The molecule has 22 heavy (non-hydrogen) atoms. The van der Waals surface area contributed by atoms with Gasteiger partial charge in [-0.25, -0.2) is 0 Å². The van der Waals surface area contributed by atoms with Crippen molar-refractivity contribution in [2.45, 2.75) is 46.1 Å². The zero-order valence-electron chi connectivity index (χ0n) is 13.4. The summed E-state index contributed by atoms with van der Waals surface area (Å²) in [7, 11) is 0. The molecule has 122 valence electrons. The van der Waals surface area contributed by atoms with Crippen LogP contribution in [0.3, 0.4) is 0 Å². The van der Waals surface area contributed by atoms with Crippen molar-refractivity contribution in [3.8, 4) is 0 Å². The molecule has 0 aliphatic rings. The molecule has 0 saturated carbocycles. The topological polar surface area (TPSA) is 68.3 Å². The molecule has 1 aromatic carbocycles. The molecule has 1 aromatic heterocycles. The molecule has 4 nitrogen and oxygen atoms in total. The maximum absolute atomic E-state index is 12.3.